The minimum absolute atomic E-state index is 0.287. The molecule has 1 fully saturated rings. The number of halogens is 1. The van der Waals surface area contributed by atoms with E-state index in [-0.39, 0.29) is 6.61 Å². The van der Waals surface area contributed by atoms with Crippen LogP contribution in [-0.2, 0) is 6.54 Å². The van der Waals surface area contributed by atoms with Crippen LogP contribution in [0.15, 0.2) is 16.5 Å². The maximum absolute atomic E-state index is 8.80. The van der Waals surface area contributed by atoms with Gasteiger partial charge in [-0.05, 0) is 23.7 Å². The van der Waals surface area contributed by atoms with Crippen LogP contribution in [0, 0.1) is 5.92 Å². The number of furan rings is 1. The highest BCUT2D eigenvalue weighted by molar-refractivity contribution is 6.28. The lowest BCUT2D eigenvalue weighted by molar-refractivity contribution is 0.0430. The van der Waals surface area contributed by atoms with E-state index < -0.39 is 0 Å². The first kappa shape index (κ1) is 9.06. The molecule has 72 valence electrons. The molecule has 0 unspecified atom stereocenters. The van der Waals surface area contributed by atoms with Crippen LogP contribution in [0.1, 0.15) is 5.76 Å². The molecule has 1 aliphatic heterocycles. The Balaban J connectivity index is 1.81. The lowest BCUT2D eigenvalue weighted by atomic mass is 10.0. The lowest BCUT2D eigenvalue weighted by Crippen LogP contribution is -2.47. The van der Waals surface area contributed by atoms with Crippen molar-refractivity contribution in [2.75, 3.05) is 19.7 Å². The Kier molecular flexibility index (Phi) is 2.58. The van der Waals surface area contributed by atoms with E-state index in [9.17, 15) is 0 Å². The number of rotatable bonds is 3. The van der Waals surface area contributed by atoms with Crippen molar-refractivity contribution >= 4 is 11.6 Å². The maximum atomic E-state index is 8.80. The summed E-state index contributed by atoms with van der Waals surface area (Å²) in [6, 6.07) is 3.63. The van der Waals surface area contributed by atoms with Gasteiger partial charge in [-0.1, -0.05) is 0 Å². The summed E-state index contributed by atoms with van der Waals surface area (Å²) in [6.45, 7) is 2.99. The summed E-state index contributed by atoms with van der Waals surface area (Å²) in [5, 5.41) is 9.24. The Morgan fingerprint density at radius 3 is 2.85 bits per heavy atom. The second-order valence-corrected chi connectivity index (χ2v) is 3.82. The first-order valence-corrected chi connectivity index (χ1v) is 4.73. The maximum Gasteiger partial charge on any atom is 0.193 e. The largest absolute Gasteiger partial charge is 0.448 e. The summed E-state index contributed by atoms with van der Waals surface area (Å²) in [4.78, 5) is 2.22. The number of aliphatic hydroxyl groups excluding tert-OH is 1. The Hall–Kier alpha value is -0.510. The lowest BCUT2D eigenvalue weighted by Gasteiger charge is -2.37. The fourth-order valence-electron chi connectivity index (χ4n) is 1.58. The zero-order chi connectivity index (χ0) is 9.26. The highest BCUT2D eigenvalue weighted by atomic mass is 35.5. The van der Waals surface area contributed by atoms with E-state index in [1.54, 1.807) is 6.07 Å². The van der Waals surface area contributed by atoms with Crippen molar-refractivity contribution in [3.05, 3.63) is 23.1 Å². The van der Waals surface area contributed by atoms with Crippen molar-refractivity contribution in [3.8, 4) is 0 Å². The summed E-state index contributed by atoms with van der Waals surface area (Å²) >= 11 is 5.64. The van der Waals surface area contributed by atoms with Gasteiger partial charge in [-0.15, -0.1) is 0 Å². The zero-order valence-corrected chi connectivity index (χ0v) is 8.00. The minimum Gasteiger partial charge on any atom is -0.448 e. The van der Waals surface area contributed by atoms with Crippen LogP contribution in [0.25, 0.3) is 0 Å². The van der Waals surface area contributed by atoms with Crippen LogP contribution in [-0.4, -0.2) is 29.7 Å². The molecule has 0 saturated carbocycles. The number of hydrogen-bond donors (Lipinski definition) is 1. The van der Waals surface area contributed by atoms with Crippen molar-refractivity contribution in [1.82, 2.24) is 4.90 Å². The quantitative estimate of drug-likeness (QED) is 0.803. The van der Waals surface area contributed by atoms with Gasteiger partial charge >= 0.3 is 0 Å². The van der Waals surface area contributed by atoms with Gasteiger partial charge in [0.1, 0.15) is 5.76 Å². The third kappa shape index (κ3) is 2.05. The third-order valence-corrected chi connectivity index (χ3v) is 2.50. The van der Waals surface area contributed by atoms with E-state index in [0.29, 0.717) is 11.1 Å². The molecule has 0 bridgehead atoms. The molecule has 1 N–H and O–H groups in total. The summed E-state index contributed by atoms with van der Waals surface area (Å²) in [5.41, 5.74) is 0. The van der Waals surface area contributed by atoms with E-state index in [4.69, 9.17) is 21.1 Å². The summed E-state index contributed by atoms with van der Waals surface area (Å²) < 4.78 is 5.22. The molecular weight excluding hydrogens is 190 g/mol. The van der Waals surface area contributed by atoms with Gasteiger partial charge in [0.05, 0.1) is 6.54 Å². The summed E-state index contributed by atoms with van der Waals surface area (Å²) in [5.74, 6) is 1.34. The van der Waals surface area contributed by atoms with Crippen molar-refractivity contribution in [2.45, 2.75) is 6.54 Å². The van der Waals surface area contributed by atoms with Crippen molar-refractivity contribution in [2.24, 2.45) is 5.92 Å². The van der Waals surface area contributed by atoms with Gasteiger partial charge in [0, 0.05) is 25.6 Å². The van der Waals surface area contributed by atoms with Crippen molar-refractivity contribution < 1.29 is 9.52 Å². The van der Waals surface area contributed by atoms with E-state index >= 15 is 0 Å². The molecule has 0 atom stereocenters. The molecule has 0 radical (unpaired) electrons. The standard InChI is InChI=1S/C9H12ClNO2/c10-9-2-1-8(13-9)5-11-3-7(4-11)6-12/h1-2,7,12H,3-6H2. The van der Waals surface area contributed by atoms with Crippen molar-refractivity contribution in [3.63, 3.8) is 0 Å². The average Bonchev–Trinajstić information content (AvgIpc) is 2.43. The predicted molar refractivity (Wildman–Crippen MR) is 49.6 cm³/mol. The Labute approximate surface area is 81.9 Å². The molecule has 1 saturated heterocycles. The summed E-state index contributed by atoms with van der Waals surface area (Å²) in [7, 11) is 0. The van der Waals surface area contributed by atoms with E-state index in [0.717, 1.165) is 25.4 Å². The van der Waals surface area contributed by atoms with Gasteiger partial charge in [0.2, 0.25) is 0 Å². The molecule has 1 aliphatic rings. The molecular formula is C9H12ClNO2. The van der Waals surface area contributed by atoms with Crippen LogP contribution in [0.4, 0.5) is 0 Å². The fourth-order valence-corrected chi connectivity index (χ4v) is 1.74. The van der Waals surface area contributed by atoms with Crippen LogP contribution in [0.5, 0.6) is 0 Å². The SMILES string of the molecule is OCC1CN(Cc2ccc(Cl)o2)C1. The molecule has 2 heterocycles. The molecule has 0 spiro atoms. The normalized spacial score (nSPS) is 18.9. The van der Waals surface area contributed by atoms with Gasteiger partial charge in [0.15, 0.2) is 5.22 Å². The van der Waals surface area contributed by atoms with Gasteiger partial charge in [-0.3, -0.25) is 4.90 Å². The van der Waals surface area contributed by atoms with E-state index in [2.05, 4.69) is 4.90 Å². The van der Waals surface area contributed by atoms with Gasteiger partial charge in [0.25, 0.3) is 0 Å². The van der Waals surface area contributed by atoms with E-state index in [1.807, 2.05) is 6.07 Å². The zero-order valence-electron chi connectivity index (χ0n) is 7.24. The Morgan fingerprint density at radius 2 is 2.31 bits per heavy atom. The molecule has 1 aromatic rings. The molecule has 0 aliphatic carbocycles. The molecule has 0 amide bonds. The first-order valence-electron chi connectivity index (χ1n) is 4.35. The molecule has 2 rings (SSSR count). The first-order chi connectivity index (χ1) is 6.28. The Bertz CT molecular complexity index is 281. The monoisotopic (exact) mass is 201 g/mol. The van der Waals surface area contributed by atoms with Crippen molar-refractivity contribution in [1.29, 1.82) is 0 Å². The van der Waals surface area contributed by atoms with Crippen LogP contribution in [0.2, 0.25) is 5.22 Å². The molecule has 0 aromatic carbocycles. The Morgan fingerprint density at radius 1 is 1.54 bits per heavy atom. The van der Waals surface area contributed by atoms with Gasteiger partial charge < -0.3 is 9.52 Å². The number of aliphatic hydroxyl groups is 1. The molecule has 4 heteroatoms. The fraction of sp³-hybridized carbons (Fsp3) is 0.556. The molecule has 3 nitrogen and oxygen atoms in total. The minimum atomic E-state index is 0.287. The topological polar surface area (TPSA) is 36.6 Å². The smallest absolute Gasteiger partial charge is 0.193 e. The average molecular weight is 202 g/mol. The number of likely N-dealkylation sites (tertiary alicyclic amines) is 1. The highest BCUT2D eigenvalue weighted by Gasteiger charge is 2.26. The predicted octanol–water partition coefficient (Wildman–Crippen LogP) is 1.36. The number of nitrogens with zero attached hydrogens (tertiary/aromatic N) is 1. The van der Waals surface area contributed by atoms with E-state index in [1.165, 1.54) is 0 Å². The van der Waals surface area contributed by atoms with Crippen LogP contribution in [0.3, 0.4) is 0 Å². The highest BCUT2D eigenvalue weighted by Crippen LogP contribution is 2.20. The molecule has 13 heavy (non-hydrogen) atoms. The van der Waals surface area contributed by atoms with Gasteiger partial charge in [-0.25, -0.2) is 0 Å². The second-order valence-electron chi connectivity index (χ2n) is 3.45. The number of hydrogen-bond acceptors (Lipinski definition) is 3. The van der Waals surface area contributed by atoms with Crippen LogP contribution < -0.4 is 0 Å². The summed E-state index contributed by atoms with van der Waals surface area (Å²) in [6.07, 6.45) is 0. The van der Waals surface area contributed by atoms with Gasteiger partial charge in [-0.2, -0.15) is 0 Å². The molecule has 1 aromatic heterocycles. The second kappa shape index (κ2) is 3.70. The van der Waals surface area contributed by atoms with Crippen LogP contribution >= 0.6 is 11.6 Å². The third-order valence-electron chi connectivity index (χ3n) is 2.30.